The molecule has 0 unspecified atom stereocenters. The summed E-state index contributed by atoms with van der Waals surface area (Å²) in [6, 6.07) is 0. The van der Waals surface area contributed by atoms with Gasteiger partial charge >= 0.3 is 0 Å². The van der Waals surface area contributed by atoms with Gasteiger partial charge in [0.2, 0.25) is 0 Å². The van der Waals surface area contributed by atoms with Crippen LogP contribution in [0.4, 0.5) is 0 Å². The maximum absolute atomic E-state index is 4.05. The van der Waals surface area contributed by atoms with Gasteiger partial charge in [-0.05, 0) is 6.08 Å². The maximum Gasteiger partial charge on any atom is 0.166 e. The zero-order valence-corrected chi connectivity index (χ0v) is 5.80. The van der Waals surface area contributed by atoms with Gasteiger partial charge in [-0.15, -0.1) is 21.5 Å². The Morgan fingerprint density at radius 2 is 2.50 bits per heavy atom. The molecule has 0 saturated heterocycles. The number of allylic oxidation sites excluding steroid dienone is 1. The summed E-state index contributed by atoms with van der Waals surface area (Å²) in [6.07, 6.45) is 3.54. The first kappa shape index (κ1) is 5.53. The van der Waals surface area contributed by atoms with Crippen molar-refractivity contribution in [1.82, 2.24) is 4.98 Å². The van der Waals surface area contributed by atoms with Crippen LogP contribution in [0.5, 0.6) is 0 Å². The predicted molar refractivity (Wildman–Crippen MR) is 39.4 cm³/mol. The molecule has 0 amide bonds. The fraction of sp³-hybridized carbons (Fsp3) is 0. The number of fused-ring (bicyclic) bond motifs is 1. The Morgan fingerprint density at radius 1 is 1.50 bits per heavy atom. The molecule has 0 spiro atoms. The zero-order valence-electron chi connectivity index (χ0n) is 4.98. The van der Waals surface area contributed by atoms with Crippen LogP contribution in [0.15, 0.2) is 21.8 Å². The molecule has 10 heavy (non-hydrogen) atoms. The summed E-state index contributed by atoms with van der Waals surface area (Å²) >= 11 is 1.48. The molecule has 3 nitrogen and oxygen atoms in total. The van der Waals surface area contributed by atoms with Crippen molar-refractivity contribution in [3.63, 3.8) is 0 Å². The summed E-state index contributed by atoms with van der Waals surface area (Å²) < 4.78 is 0.848. The molecule has 0 fully saturated rings. The minimum Gasteiger partial charge on any atom is -0.243 e. The lowest BCUT2D eigenvalue weighted by molar-refractivity contribution is 1.15. The van der Waals surface area contributed by atoms with Crippen molar-refractivity contribution in [3.8, 4) is 0 Å². The molecule has 0 N–H and O–H groups in total. The topological polar surface area (TPSA) is 37.6 Å². The van der Waals surface area contributed by atoms with Crippen LogP contribution >= 0.6 is 11.3 Å². The third-order valence-corrected chi connectivity index (χ3v) is 1.81. The summed E-state index contributed by atoms with van der Waals surface area (Å²) in [5.74, 6) is 2.62. The first-order valence-corrected chi connectivity index (χ1v) is 3.61. The van der Waals surface area contributed by atoms with Gasteiger partial charge in [-0.3, -0.25) is 0 Å². The zero-order chi connectivity index (χ0) is 6.81. The van der Waals surface area contributed by atoms with E-state index in [0.29, 0.717) is 0 Å². The molecule has 1 aliphatic heterocycles. The Balaban J connectivity index is 2.94. The largest absolute Gasteiger partial charge is 0.243 e. The van der Waals surface area contributed by atoms with Crippen molar-refractivity contribution in [2.75, 3.05) is 0 Å². The normalized spacial score (nSPS) is 13.2. The summed E-state index contributed by atoms with van der Waals surface area (Å²) in [7, 11) is 0. The van der Waals surface area contributed by atoms with Crippen LogP contribution in [0.25, 0.3) is 6.08 Å². The van der Waals surface area contributed by atoms with E-state index in [0.717, 1.165) is 10.0 Å². The molecule has 1 aromatic heterocycles. The Bertz CT molecular complexity index is 374. The number of rotatable bonds is 0. The number of thiazole rings is 1. The molecule has 0 atom stereocenters. The Kier molecular flexibility index (Phi) is 1.20. The van der Waals surface area contributed by atoms with E-state index in [1.165, 1.54) is 11.3 Å². The summed E-state index contributed by atoms with van der Waals surface area (Å²) in [6.45, 7) is 0. The Labute approximate surface area is 60.8 Å². The predicted octanol–water partition coefficient (Wildman–Crippen LogP) is -0.302. The number of aromatic nitrogens is 1. The fourth-order valence-electron chi connectivity index (χ4n) is 0.662. The minimum absolute atomic E-state index is 0.848. The first-order valence-electron chi connectivity index (χ1n) is 2.73. The quantitative estimate of drug-likeness (QED) is 0.499. The van der Waals surface area contributed by atoms with Crippen LogP contribution in [0.1, 0.15) is 0 Å². The van der Waals surface area contributed by atoms with Gasteiger partial charge in [0.15, 0.2) is 4.67 Å². The van der Waals surface area contributed by atoms with Gasteiger partial charge in [-0.25, -0.2) is 4.98 Å². The van der Waals surface area contributed by atoms with Gasteiger partial charge in [-0.2, -0.15) is 0 Å². The van der Waals surface area contributed by atoms with Crippen molar-refractivity contribution in [2.45, 2.75) is 0 Å². The van der Waals surface area contributed by atoms with Crippen molar-refractivity contribution >= 4 is 23.3 Å². The van der Waals surface area contributed by atoms with Gasteiger partial charge in [-0.1, -0.05) is 0 Å². The second-order valence-electron chi connectivity index (χ2n) is 1.71. The lowest BCUT2D eigenvalue weighted by Gasteiger charge is -1.66. The second-order valence-corrected chi connectivity index (χ2v) is 2.54. The van der Waals surface area contributed by atoms with E-state index in [-0.39, 0.29) is 0 Å². The van der Waals surface area contributed by atoms with E-state index in [1.807, 2.05) is 6.08 Å². The number of hydrogen-bond donors (Lipinski definition) is 0. The molecular weight excluding hydrogens is 146 g/mol. The van der Waals surface area contributed by atoms with Crippen LogP contribution in [0, 0.1) is 0 Å². The molecule has 2 rings (SSSR count). The molecule has 1 aromatic rings. The lowest BCUT2D eigenvalue weighted by Crippen LogP contribution is -2.19. The minimum atomic E-state index is 0.848. The first-order chi connectivity index (χ1) is 4.97. The molecule has 0 radical (unpaired) electrons. The summed E-state index contributed by atoms with van der Waals surface area (Å²) in [5.41, 5.74) is 1.75. The monoisotopic (exact) mass is 149 g/mol. The smallest absolute Gasteiger partial charge is 0.166 e. The Morgan fingerprint density at radius 3 is 3.50 bits per heavy atom. The summed E-state index contributed by atoms with van der Waals surface area (Å²) in [5, 5.41) is 8.37. The van der Waals surface area contributed by atoms with Crippen molar-refractivity contribution < 1.29 is 0 Å². The van der Waals surface area contributed by atoms with E-state index >= 15 is 0 Å². The highest BCUT2D eigenvalue weighted by Crippen LogP contribution is 1.78. The molecule has 1 aliphatic rings. The van der Waals surface area contributed by atoms with Crippen LogP contribution in [0.2, 0.25) is 0 Å². The lowest BCUT2D eigenvalue weighted by atomic mass is 10.5. The van der Waals surface area contributed by atoms with Crippen molar-refractivity contribution in [1.29, 1.82) is 0 Å². The van der Waals surface area contributed by atoms with E-state index in [4.69, 9.17) is 0 Å². The molecule has 0 aromatic carbocycles. The number of nitrogens with zero attached hydrogens (tertiary/aromatic N) is 3. The van der Waals surface area contributed by atoms with Crippen molar-refractivity contribution in [2.24, 2.45) is 10.2 Å². The van der Waals surface area contributed by atoms with Gasteiger partial charge in [0, 0.05) is 11.9 Å². The van der Waals surface area contributed by atoms with E-state index in [2.05, 4.69) is 21.1 Å². The molecule has 2 heterocycles. The molecule has 48 valence electrons. The van der Waals surface area contributed by atoms with E-state index in [9.17, 15) is 0 Å². The van der Waals surface area contributed by atoms with E-state index in [1.54, 1.807) is 11.6 Å². The molecule has 0 aliphatic carbocycles. The average molecular weight is 149 g/mol. The third kappa shape index (κ3) is 0.795. The van der Waals surface area contributed by atoms with Gasteiger partial charge in [0.05, 0.1) is 5.51 Å². The van der Waals surface area contributed by atoms with Crippen LogP contribution < -0.4 is 10.0 Å². The highest BCUT2D eigenvalue weighted by atomic mass is 32.1. The standard InChI is InChI=1S/C6H3N3S/c1-2-5-6(9-8-3-1)10-4-7-5/h1-2,4H. The van der Waals surface area contributed by atoms with Gasteiger partial charge in [0.25, 0.3) is 0 Å². The van der Waals surface area contributed by atoms with Crippen molar-refractivity contribution in [3.05, 3.63) is 21.6 Å². The van der Waals surface area contributed by atoms with Crippen LogP contribution in [-0.4, -0.2) is 10.9 Å². The second kappa shape index (κ2) is 2.17. The SMILES string of the molecule is C1=CC=c2ncsc2=NN=1. The maximum atomic E-state index is 4.05. The number of hydrogen-bond acceptors (Lipinski definition) is 4. The molecular formula is C6H3N3S. The molecule has 4 heteroatoms. The highest BCUT2D eigenvalue weighted by Gasteiger charge is 1.88. The average Bonchev–Trinajstić information content (AvgIpc) is 2.28. The fourth-order valence-corrected chi connectivity index (χ4v) is 1.26. The summed E-state index contributed by atoms with van der Waals surface area (Å²) in [4.78, 5) is 4.05. The Hall–Kier alpha value is -1.25. The highest BCUT2D eigenvalue weighted by molar-refractivity contribution is 7.07. The third-order valence-electron chi connectivity index (χ3n) is 1.09. The van der Waals surface area contributed by atoms with Crippen LogP contribution in [0.3, 0.4) is 0 Å². The molecule has 0 bridgehead atoms. The van der Waals surface area contributed by atoms with Gasteiger partial charge in [0.1, 0.15) is 5.35 Å². The van der Waals surface area contributed by atoms with Crippen LogP contribution in [-0.2, 0) is 0 Å². The molecule has 0 saturated carbocycles. The van der Waals surface area contributed by atoms with Gasteiger partial charge < -0.3 is 0 Å². The van der Waals surface area contributed by atoms with E-state index < -0.39 is 0 Å².